The second kappa shape index (κ2) is 5.81. The molecular formula is C14H19N3O3. The molecule has 1 unspecified atom stereocenters. The van der Waals surface area contributed by atoms with Crippen LogP contribution in [0.4, 0.5) is 0 Å². The number of nitrogens with zero attached hydrogens (tertiary/aromatic N) is 1. The standard InChI is InChI=1S/C14H19N3O3/c1-8(2)15-14-16-12(13(18)17-14)10-6-5-9(19-3)7-11(10)20-4/h5-8,12H,1-4H3,(H2,15,16,17,18). The Morgan fingerprint density at radius 1 is 1.30 bits per heavy atom. The van der Waals surface area contributed by atoms with E-state index >= 15 is 0 Å². The first kappa shape index (κ1) is 14.2. The number of ether oxygens (including phenoxy) is 2. The fourth-order valence-corrected chi connectivity index (χ4v) is 2.01. The van der Waals surface area contributed by atoms with Gasteiger partial charge in [-0.1, -0.05) is 0 Å². The lowest BCUT2D eigenvalue weighted by Gasteiger charge is -2.12. The molecule has 1 heterocycles. The Labute approximate surface area is 118 Å². The number of hydrogen-bond acceptors (Lipinski definition) is 5. The SMILES string of the molecule is COc1ccc(C2N=C(NC(C)C)NC2=O)c(OC)c1. The van der Waals surface area contributed by atoms with Crippen LogP contribution in [0.1, 0.15) is 25.5 Å². The number of guanidine groups is 1. The maximum Gasteiger partial charge on any atom is 0.256 e. The topological polar surface area (TPSA) is 72.0 Å². The zero-order valence-corrected chi connectivity index (χ0v) is 12.1. The molecule has 0 spiro atoms. The van der Waals surface area contributed by atoms with E-state index in [1.54, 1.807) is 32.4 Å². The van der Waals surface area contributed by atoms with Crippen LogP contribution in [0.3, 0.4) is 0 Å². The predicted molar refractivity (Wildman–Crippen MR) is 76.1 cm³/mol. The van der Waals surface area contributed by atoms with E-state index in [0.717, 1.165) is 0 Å². The molecule has 1 amide bonds. The summed E-state index contributed by atoms with van der Waals surface area (Å²) < 4.78 is 10.5. The summed E-state index contributed by atoms with van der Waals surface area (Å²) in [6, 6.07) is 4.92. The number of hydrogen-bond donors (Lipinski definition) is 2. The first-order chi connectivity index (χ1) is 9.55. The minimum absolute atomic E-state index is 0.170. The molecule has 2 N–H and O–H groups in total. The summed E-state index contributed by atoms with van der Waals surface area (Å²) in [5, 5.41) is 5.81. The number of aliphatic imine (C=N–C) groups is 1. The summed E-state index contributed by atoms with van der Waals surface area (Å²) in [7, 11) is 3.14. The van der Waals surface area contributed by atoms with Crippen molar-refractivity contribution in [2.75, 3.05) is 14.2 Å². The quantitative estimate of drug-likeness (QED) is 0.868. The Morgan fingerprint density at radius 3 is 2.65 bits per heavy atom. The number of nitrogens with one attached hydrogen (secondary N) is 2. The third-order valence-electron chi connectivity index (χ3n) is 2.91. The van der Waals surface area contributed by atoms with E-state index in [1.807, 2.05) is 13.8 Å². The van der Waals surface area contributed by atoms with Crippen LogP contribution < -0.4 is 20.1 Å². The van der Waals surface area contributed by atoms with Gasteiger partial charge in [-0.25, -0.2) is 4.99 Å². The first-order valence-corrected chi connectivity index (χ1v) is 6.42. The van der Waals surface area contributed by atoms with Gasteiger partial charge in [0, 0.05) is 17.7 Å². The molecule has 0 bridgehead atoms. The molecule has 0 aromatic heterocycles. The number of carbonyl (C=O) groups is 1. The highest BCUT2D eigenvalue weighted by atomic mass is 16.5. The highest BCUT2D eigenvalue weighted by molar-refractivity contribution is 6.05. The van der Waals surface area contributed by atoms with Gasteiger partial charge in [-0.3, -0.25) is 10.1 Å². The third-order valence-corrected chi connectivity index (χ3v) is 2.91. The van der Waals surface area contributed by atoms with Crippen LogP contribution >= 0.6 is 0 Å². The van der Waals surface area contributed by atoms with Crippen LogP contribution in [0.15, 0.2) is 23.2 Å². The summed E-state index contributed by atoms with van der Waals surface area (Å²) in [6.45, 7) is 3.96. The van der Waals surface area contributed by atoms with Crippen LogP contribution in [-0.2, 0) is 4.79 Å². The van der Waals surface area contributed by atoms with Gasteiger partial charge in [0.1, 0.15) is 11.5 Å². The zero-order chi connectivity index (χ0) is 14.7. The van der Waals surface area contributed by atoms with Gasteiger partial charge >= 0.3 is 0 Å². The molecule has 6 nitrogen and oxygen atoms in total. The molecule has 0 saturated carbocycles. The molecule has 1 aliphatic heterocycles. The van der Waals surface area contributed by atoms with Gasteiger partial charge in [-0.05, 0) is 26.0 Å². The molecule has 6 heteroatoms. The fraction of sp³-hybridized carbons (Fsp3) is 0.429. The van der Waals surface area contributed by atoms with Crippen LogP contribution in [0.25, 0.3) is 0 Å². The Bertz CT molecular complexity index is 540. The molecule has 2 rings (SSSR count). The Balaban J connectivity index is 2.31. The molecule has 0 aliphatic carbocycles. The highest BCUT2D eigenvalue weighted by Crippen LogP contribution is 2.32. The zero-order valence-electron chi connectivity index (χ0n) is 12.1. The number of amides is 1. The molecule has 1 aromatic rings. The molecular weight excluding hydrogens is 258 g/mol. The minimum atomic E-state index is -0.600. The average Bonchev–Trinajstić information content (AvgIpc) is 2.77. The van der Waals surface area contributed by atoms with Crippen molar-refractivity contribution in [3.63, 3.8) is 0 Å². The van der Waals surface area contributed by atoms with Crippen molar-refractivity contribution < 1.29 is 14.3 Å². The lowest BCUT2D eigenvalue weighted by Crippen LogP contribution is -2.40. The molecule has 1 aromatic carbocycles. The van der Waals surface area contributed by atoms with Gasteiger partial charge in [-0.2, -0.15) is 0 Å². The second-order valence-electron chi connectivity index (χ2n) is 4.78. The summed E-state index contributed by atoms with van der Waals surface area (Å²) >= 11 is 0. The molecule has 0 saturated heterocycles. The lowest BCUT2D eigenvalue weighted by atomic mass is 10.1. The van der Waals surface area contributed by atoms with E-state index in [4.69, 9.17) is 9.47 Å². The first-order valence-electron chi connectivity index (χ1n) is 6.42. The molecule has 0 fully saturated rings. The molecule has 108 valence electrons. The van der Waals surface area contributed by atoms with Gasteiger partial charge in [-0.15, -0.1) is 0 Å². The van der Waals surface area contributed by atoms with Crippen molar-refractivity contribution in [3.05, 3.63) is 23.8 Å². The van der Waals surface area contributed by atoms with E-state index in [9.17, 15) is 4.79 Å². The minimum Gasteiger partial charge on any atom is -0.497 e. The molecule has 0 radical (unpaired) electrons. The highest BCUT2D eigenvalue weighted by Gasteiger charge is 2.30. The Hall–Kier alpha value is -2.24. The summed E-state index contributed by atoms with van der Waals surface area (Å²) in [5.41, 5.74) is 0.714. The van der Waals surface area contributed by atoms with Crippen LogP contribution in [0, 0.1) is 0 Å². The van der Waals surface area contributed by atoms with E-state index in [-0.39, 0.29) is 11.9 Å². The smallest absolute Gasteiger partial charge is 0.256 e. The van der Waals surface area contributed by atoms with Gasteiger partial charge in [0.15, 0.2) is 12.0 Å². The Morgan fingerprint density at radius 2 is 2.05 bits per heavy atom. The van der Waals surface area contributed by atoms with Crippen molar-refractivity contribution in [3.8, 4) is 11.5 Å². The van der Waals surface area contributed by atoms with E-state index in [2.05, 4.69) is 15.6 Å². The van der Waals surface area contributed by atoms with Crippen molar-refractivity contribution in [1.29, 1.82) is 0 Å². The van der Waals surface area contributed by atoms with E-state index in [1.165, 1.54) is 0 Å². The maximum atomic E-state index is 12.0. The van der Waals surface area contributed by atoms with Crippen molar-refractivity contribution >= 4 is 11.9 Å². The number of methoxy groups -OCH3 is 2. The van der Waals surface area contributed by atoms with Crippen LogP contribution in [0.5, 0.6) is 11.5 Å². The number of carbonyl (C=O) groups excluding carboxylic acids is 1. The lowest BCUT2D eigenvalue weighted by molar-refractivity contribution is -0.120. The van der Waals surface area contributed by atoms with Crippen molar-refractivity contribution in [2.24, 2.45) is 4.99 Å². The Kier molecular flexibility index (Phi) is 4.12. The molecule has 1 aliphatic rings. The summed E-state index contributed by atoms with van der Waals surface area (Å²) in [5.74, 6) is 1.58. The van der Waals surface area contributed by atoms with Gasteiger partial charge in [0.05, 0.1) is 14.2 Å². The number of rotatable bonds is 4. The van der Waals surface area contributed by atoms with Crippen LogP contribution in [-0.4, -0.2) is 32.1 Å². The number of benzene rings is 1. The van der Waals surface area contributed by atoms with E-state index in [0.29, 0.717) is 23.0 Å². The van der Waals surface area contributed by atoms with Gasteiger partial charge in [0.25, 0.3) is 5.91 Å². The molecule has 1 atom stereocenters. The van der Waals surface area contributed by atoms with Crippen molar-refractivity contribution in [2.45, 2.75) is 25.9 Å². The monoisotopic (exact) mass is 277 g/mol. The average molecular weight is 277 g/mol. The van der Waals surface area contributed by atoms with Crippen LogP contribution in [0.2, 0.25) is 0 Å². The molecule has 20 heavy (non-hydrogen) atoms. The largest absolute Gasteiger partial charge is 0.497 e. The fourth-order valence-electron chi connectivity index (χ4n) is 2.01. The second-order valence-corrected chi connectivity index (χ2v) is 4.78. The summed E-state index contributed by atoms with van der Waals surface area (Å²) in [4.78, 5) is 16.4. The maximum absolute atomic E-state index is 12.0. The van der Waals surface area contributed by atoms with Gasteiger partial charge < -0.3 is 14.8 Å². The van der Waals surface area contributed by atoms with Crippen molar-refractivity contribution in [1.82, 2.24) is 10.6 Å². The predicted octanol–water partition coefficient (Wildman–Crippen LogP) is 1.23. The third kappa shape index (κ3) is 2.84. The van der Waals surface area contributed by atoms with Gasteiger partial charge in [0.2, 0.25) is 0 Å². The normalized spacial score (nSPS) is 17.8. The van der Waals surface area contributed by atoms with E-state index < -0.39 is 6.04 Å². The summed E-state index contributed by atoms with van der Waals surface area (Å²) in [6.07, 6.45) is 0.